The number of benzene rings is 1. The van der Waals surface area contributed by atoms with Gasteiger partial charge in [-0.3, -0.25) is 4.79 Å². The lowest BCUT2D eigenvalue weighted by molar-refractivity contribution is -0.128. The van der Waals surface area contributed by atoms with Crippen LogP contribution in [0.4, 0.5) is 10.2 Å². The van der Waals surface area contributed by atoms with Gasteiger partial charge in [0.2, 0.25) is 5.91 Å². The number of piperazine rings is 1. The van der Waals surface area contributed by atoms with Crippen LogP contribution in [0, 0.1) is 12.7 Å². The Morgan fingerprint density at radius 3 is 2.48 bits per heavy atom. The number of hydrogen-bond donors (Lipinski definition) is 0. The third kappa shape index (κ3) is 5.15. The van der Waals surface area contributed by atoms with E-state index in [1.807, 2.05) is 39.5 Å². The number of nitrogens with zero attached hydrogens (tertiary/aromatic N) is 7. The maximum atomic E-state index is 15.1. The van der Waals surface area contributed by atoms with Crippen LogP contribution in [0.25, 0.3) is 28.0 Å². The molecule has 1 aliphatic heterocycles. The first-order chi connectivity index (χ1) is 21.0. The Morgan fingerprint density at radius 2 is 1.82 bits per heavy atom. The number of aryl methyl sites for hydroxylation is 1. The monoisotopic (exact) mass is 615 g/mol. The summed E-state index contributed by atoms with van der Waals surface area (Å²) in [5.74, 6) is 0.859. The van der Waals surface area contributed by atoms with Gasteiger partial charge in [-0.15, -0.1) is 0 Å². The van der Waals surface area contributed by atoms with E-state index in [1.165, 1.54) is 16.7 Å². The number of fused-ring (bicyclic) bond motifs is 1. The van der Waals surface area contributed by atoms with E-state index < -0.39 is 11.5 Å². The molecule has 228 valence electrons. The largest absolute Gasteiger partial charge is 0.355 e. The zero-order valence-electron chi connectivity index (χ0n) is 25.5. The van der Waals surface area contributed by atoms with Gasteiger partial charge in [-0.25, -0.2) is 28.7 Å². The van der Waals surface area contributed by atoms with Crippen LogP contribution in [0.1, 0.15) is 69.6 Å². The third-order valence-electron chi connectivity index (χ3n) is 8.46. The molecule has 0 radical (unpaired) electrons. The molecule has 1 aliphatic carbocycles. The van der Waals surface area contributed by atoms with Crippen molar-refractivity contribution in [2.24, 2.45) is 0 Å². The predicted molar refractivity (Wildman–Crippen MR) is 170 cm³/mol. The second-order valence-electron chi connectivity index (χ2n) is 12.1. The van der Waals surface area contributed by atoms with Crippen LogP contribution < -0.4 is 10.6 Å². The molecule has 1 amide bonds. The van der Waals surface area contributed by atoms with Crippen molar-refractivity contribution in [3.8, 4) is 16.9 Å². The average molecular weight is 616 g/mol. The quantitative estimate of drug-likeness (QED) is 0.247. The van der Waals surface area contributed by atoms with E-state index in [9.17, 15) is 9.59 Å². The molecule has 0 spiro atoms. The van der Waals surface area contributed by atoms with Crippen molar-refractivity contribution in [1.82, 2.24) is 29.4 Å². The fourth-order valence-electron chi connectivity index (χ4n) is 6.03. The Hall–Kier alpha value is -4.18. The second-order valence-corrected chi connectivity index (χ2v) is 12.5. The highest BCUT2D eigenvalue weighted by Gasteiger charge is 2.35. The van der Waals surface area contributed by atoms with Gasteiger partial charge in [-0.05, 0) is 63.8 Å². The molecule has 0 bridgehead atoms. The van der Waals surface area contributed by atoms with Crippen LogP contribution in [0.3, 0.4) is 0 Å². The van der Waals surface area contributed by atoms with Gasteiger partial charge < -0.3 is 9.80 Å². The van der Waals surface area contributed by atoms with E-state index >= 15 is 4.39 Å². The minimum absolute atomic E-state index is 0.0273. The minimum Gasteiger partial charge on any atom is -0.349 e. The zero-order chi connectivity index (χ0) is 31.4. The minimum atomic E-state index is -0.556. The van der Waals surface area contributed by atoms with Gasteiger partial charge >= 0.3 is 5.69 Å². The number of halogens is 2. The van der Waals surface area contributed by atoms with Crippen LogP contribution in [0.15, 0.2) is 47.8 Å². The number of carbonyl (C=O) groups excluding carboxylic acids is 1. The second kappa shape index (κ2) is 11.4. The molecule has 2 aliphatic rings. The molecular formula is C33H35ClFN7O2. The fraction of sp³-hybridized carbons (Fsp3) is 0.394. The standard InChI is InChI=1S/C33H35ClFN7O2/c1-7-26(43)40-15-19(5)41(16-18(40)4)31-23-14-24(34)28(22-10-8-9-11-25(22)35)38-32(23)42(33(44)39-31)29-20(6)36-30(21-12-13-21)37-27(29)17(2)3/h7-11,14,17-19,21H,1,12-13,15-16H2,2-6H3. The van der Waals surface area contributed by atoms with Gasteiger partial charge in [0.15, 0.2) is 5.65 Å². The Balaban J connectivity index is 1.64. The number of amides is 1. The van der Waals surface area contributed by atoms with Crippen molar-refractivity contribution in [3.05, 3.63) is 81.5 Å². The Kier molecular flexibility index (Phi) is 7.73. The first-order valence-corrected chi connectivity index (χ1v) is 15.3. The first-order valence-electron chi connectivity index (χ1n) is 15.0. The zero-order valence-corrected chi connectivity index (χ0v) is 26.3. The summed E-state index contributed by atoms with van der Waals surface area (Å²) in [6.07, 6.45) is 3.40. The maximum Gasteiger partial charge on any atom is 0.355 e. The summed E-state index contributed by atoms with van der Waals surface area (Å²) in [6, 6.07) is 7.62. The van der Waals surface area contributed by atoms with Gasteiger partial charge in [0.05, 0.1) is 33.2 Å². The molecule has 2 fully saturated rings. The molecule has 2 atom stereocenters. The van der Waals surface area contributed by atoms with Crippen LogP contribution in [-0.4, -0.2) is 60.5 Å². The lowest BCUT2D eigenvalue weighted by atomic mass is 10.1. The van der Waals surface area contributed by atoms with Crippen LogP contribution in [0.5, 0.6) is 0 Å². The highest BCUT2D eigenvalue weighted by molar-refractivity contribution is 6.33. The van der Waals surface area contributed by atoms with E-state index in [0.29, 0.717) is 41.6 Å². The third-order valence-corrected chi connectivity index (χ3v) is 8.75. The molecule has 1 aromatic carbocycles. The van der Waals surface area contributed by atoms with Crippen molar-refractivity contribution in [3.63, 3.8) is 0 Å². The Bertz CT molecular complexity index is 1870. The summed E-state index contributed by atoms with van der Waals surface area (Å²) in [5, 5.41) is 0.746. The summed E-state index contributed by atoms with van der Waals surface area (Å²) < 4.78 is 16.5. The molecule has 6 rings (SSSR count). The molecule has 11 heteroatoms. The van der Waals surface area contributed by atoms with E-state index in [2.05, 4.69) is 11.6 Å². The summed E-state index contributed by atoms with van der Waals surface area (Å²) >= 11 is 6.83. The van der Waals surface area contributed by atoms with Crippen molar-refractivity contribution in [2.45, 2.75) is 71.4 Å². The Morgan fingerprint density at radius 1 is 1.09 bits per heavy atom. The number of carbonyl (C=O) groups is 1. The molecule has 4 heterocycles. The van der Waals surface area contributed by atoms with Crippen LogP contribution >= 0.6 is 11.6 Å². The molecule has 3 aromatic heterocycles. The van der Waals surface area contributed by atoms with E-state index in [-0.39, 0.29) is 45.8 Å². The van der Waals surface area contributed by atoms with Crippen molar-refractivity contribution in [1.29, 1.82) is 0 Å². The molecule has 9 nitrogen and oxygen atoms in total. The van der Waals surface area contributed by atoms with Gasteiger partial charge in [-0.1, -0.05) is 44.2 Å². The van der Waals surface area contributed by atoms with Crippen molar-refractivity contribution >= 4 is 34.4 Å². The predicted octanol–water partition coefficient (Wildman–Crippen LogP) is 5.95. The van der Waals surface area contributed by atoms with Crippen LogP contribution in [0.2, 0.25) is 5.02 Å². The van der Waals surface area contributed by atoms with Gasteiger partial charge in [0, 0.05) is 36.7 Å². The maximum absolute atomic E-state index is 15.1. The summed E-state index contributed by atoms with van der Waals surface area (Å²) in [5.41, 5.74) is 2.04. The summed E-state index contributed by atoms with van der Waals surface area (Å²) in [4.78, 5) is 49.8. The molecule has 2 unspecified atom stereocenters. The molecule has 4 aromatic rings. The number of hydrogen-bond acceptors (Lipinski definition) is 7. The molecule has 44 heavy (non-hydrogen) atoms. The van der Waals surface area contributed by atoms with Gasteiger partial charge in [0.25, 0.3) is 0 Å². The molecule has 1 saturated heterocycles. The lowest BCUT2D eigenvalue weighted by Crippen LogP contribution is -2.58. The van der Waals surface area contributed by atoms with E-state index in [0.717, 1.165) is 24.4 Å². The van der Waals surface area contributed by atoms with Gasteiger partial charge in [0.1, 0.15) is 17.5 Å². The number of rotatable bonds is 6. The Labute approximate surface area is 260 Å². The fourth-order valence-corrected chi connectivity index (χ4v) is 6.28. The normalized spacial score (nSPS) is 18.7. The highest BCUT2D eigenvalue weighted by Crippen LogP contribution is 2.40. The first kappa shape index (κ1) is 29.9. The summed E-state index contributed by atoms with van der Waals surface area (Å²) in [6.45, 7) is 14.3. The number of aromatic nitrogens is 5. The van der Waals surface area contributed by atoms with Crippen molar-refractivity contribution in [2.75, 3.05) is 18.0 Å². The lowest BCUT2D eigenvalue weighted by Gasteiger charge is -2.44. The molecule has 1 saturated carbocycles. The van der Waals surface area contributed by atoms with Crippen LogP contribution in [-0.2, 0) is 4.79 Å². The smallest absolute Gasteiger partial charge is 0.349 e. The summed E-state index contributed by atoms with van der Waals surface area (Å²) in [7, 11) is 0. The molecular weight excluding hydrogens is 581 g/mol. The van der Waals surface area contributed by atoms with Crippen molar-refractivity contribution < 1.29 is 9.18 Å². The van der Waals surface area contributed by atoms with Gasteiger partial charge in [-0.2, -0.15) is 4.98 Å². The average Bonchev–Trinajstić information content (AvgIpc) is 3.84. The molecule has 0 N–H and O–H groups in total. The number of anilines is 1. The number of pyridine rings is 1. The topological polar surface area (TPSA) is 97.1 Å². The van der Waals surface area contributed by atoms with E-state index in [1.54, 1.807) is 29.2 Å². The highest BCUT2D eigenvalue weighted by atomic mass is 35.5. The SMILES string of the molecule is C=CC(=O)N1CC(C)N(c2nc(=O)n(-c3c(C)nc(C4CC4)nc3C(C)C)c3nc(-c4ccccc4F)c(Cl)cc23)CC1C. The van der Waals surface area contributed by atoms with E-state index in [4.69, 9.17) is 26.6 Å².